The first-order valence-corrected chi connectivity index (χ1v) is 10.6. The Balaban J connectivity index is 1.48. The number of para-hydroxylation sites is 2. The van der Waals surface area contributed by atoms with Gasteiger partial charge in [-0.2, -0.15) is 0 Å². The number of hydrogen-bond acceptors (Lipinski definition) is 3. The van der Waals surface area contributed by atoms with Gasteiger partial charge in [0.25, 0.3) is 0 Å². The van der Waals surface area contributed by atoms with Gasteiger partial charge in [0.15, 0.2) is 11.5 Å². The molecule has 0 unspecified atom stereocenters. The molecular weight excluding hydrogens is 384 g/mol. The molecule has 0 radical (unpaired) electrons. The van der Waals surface area contributed by atoms with Crippen LogP contribution in [0.1, 0.15) is 11.1 Å². The predicted molar refractivity (Wildman–Crippen MR) is 124 cm³/mol. The zero-order valence-corrected chi connectivity index (χ0v) is 17.4. The Morgan fingerprint density at radius 2 is 0.968 bits per heavy atom. The van der Waals surface area contributed by atoms with Crippen LogP contribution in [-0.2, 0) is 12.8 Å². The third kappa shape index (κ3) is 6.13. The maximum Gasteiger partial charge on any atom is 0.204 e. The zero-order valence-electron chi connectivity index (χ0n) is 17.4. The van der Waals surface area contributed by atoms with Gasteiger partial charge in [-0.05, 0) is 35.4 Å². The van der Waals surface area contributed by atoms with Crippen LogP contribution in [0.3, 0.4) is 0 Å². The molecule has 0 spiro atoms. The minimum absolute atomic E-state index is 0.536. The summed E-state index contributed by atoms with van der Waals surface area (Å²) in [5, 5.41) is 0. The average Bonchev–Trinajstić information content (AvgIpc) is 2.83. The van der Waals surface area contributed by atoms with Crippen molar-refractivity contribution in [2.75, 3.05) is 13.2 Å². The highest BCUT2D eigenvalue weighted by atomic mass is 16.5. The molecule has 4 aromatic rings. The smallest absolute Gasteiger partial charge is 0.204 e. The van der Waals surface area contributed by atoms with Crippen molar-refractivity contribution in [3.8, 4) is 23.0 Å². The van der Waals surface area contributed by atoms with Crippen molar-refractivity contribution < 1.29 is 14.2 Å². The molecule has 3 nitrogen and oxygen atoms in total. The van der Waals surface area contributed by atoms with Crippen molar-refractivity contribution in [2.24, 2.45) is 0 Å². The fraction of sp³-hybridized carbons (Fsp3) is 0.143. The fourth-order valence-electron chi connectivity index (χ4n) is 3.29. The van der Waals surface area contributed by atoms with Gasteiger partial charge in [-0.25, -0.2) is 0 Å². The Morgan fingerprint density at radius 1 is 0.452 bits per heavy atom. The van der Waals surface area contributed by atoms with Gasteiger partial charge in [-0.1, -0.05) is 84.9 Å². The van der Waals surface area contributed by atoms with Crippen LogP contribution < -0.4 is 14.2 Å². The minimum atomic E-state index is 0.536. The summed E-state index contributed by atoms with van der Waals surface area (Å²) < 4.78 is 18.4. The fourth-order valence-corrected chi connectivity index (χ4v) is 3.29. The van der Waals surface area contributed by atoms with Crippen LogP contribution in [-0.4, -0.2) is 13.2 Å². The van der Waals surface area contributed by atoms with E-state index in [0.29, 0.717) is 30.5 Å². The van der Waals surface area contributed by atoms with Crippen LogP contribution >= 0.6 is 0 Å². The largest absolute Gasteiger partial charge is 0.489 e. The normalized spacial score (nSPS) is 10.5. The standard InChI is InChI=1S/C28H26O3/c1-4-11-23(12-5-1)19-21-29-26-17-10-18-27(31-25-15-8-3-9-16-25)28(26)30-22-20-24-13-6-2-7-14-24/h1-18H,19-22H2. The van der Waals surface area contributed by atoms with Crippen LogP contribution in [0, 0.1) is 0 Å². The summed E-state index contributed by atoms with van der Waals surface area (Å²) in [6.45, 7) is 1.10. The number of hydrogen-bond donors (Lipinski definition) is 0. The first kappa shape index (κ1) is 20.5. The molecule has 0 heterocycles. The highest BCUT2D eigenvalue weighted by Crippen LogP contribution is 2.39. The van der Waals surface area contributed by atoms with Gasteiger partial charge in [0.05, 0.1) is 13.2 Å². The molecule has 3 heteroatoms. The lowest BCUT2D eigenvalue weighted by molar-refractivity contribution is 0.263. The van der Waals surface area contributed by atoms with E-state index in [-0.39, 0.29) is 0 Å². The topological polar surface area (TPSA) is 27.7 Å². The van der Waals surface area contributed by atoms with Crippen molar-refractivity contribution in [1.29, 1.82) is 0 Å². The second-order valence-corrected chi connectivity index (χ2v) is 7.17. The summed E-state index contributed by atoms with van der Waals surface area (Å²) in [6.07, 6.45) is 1.64. The molecule has 0 N–H and O–H groups in total. The number of rotatable bonds is 10. The van der Waals surface area contributed by atoms with E-state index in [2.05, 4.69) is 24.3 Å². The maximum atomic E-state index is 6.20. The molecular formula is C28H26O3. The summed E-state index contributed by atoms with van der Waals surface area (Å²) in [4.78, 5) is 0. The lowest BCUT2D eigenvalue weighted by Crippen LogP contribution is -2.07. The molecule has 0 saturated carbocycles. The van der Waals surface area contributed by atoms with E-state index in [1.165, 1.54) is 11.1 Å². The molecule has 31 heavy (non-hydrogen) atoms. The third-order valence-corrected chi connectivity index (χ3v) is 4.88. The highest BCUT2D eigenvalue weighted by Gasteiger charge is 2.14. The van der Waals surface area contributed by atoms with Gasteiger partial charge in [0, 0.05) is 12.8 Å². The van der Waals surface area contributed by atoms with Gasteiger partial charge in [-0.3, -0.25) is 0 Å². The van der Waals surface area contributed by atoms with Crippen molar-refractivity contribution in [3.05, 3.63) is 120 Å². The Hall–Kier alpha value is -3.72. The maximum absolute atomic E-state index is 6.20. The Morgan fingerprint density at radius 3 is 1.58 bits per heavy atom. The van der Waals surface area contributed by atoms with Crippen molar-refractivity contribution in [3.63, 3.8) is 0 Å². The summed E-state index contributed by atoms with van der Waals surface area (Å²) >= 11 is 0. The molecule has 0 aliphatic rings. The van der Waals surface area contributed by atoms with Crippen LogP contribution in [0.15, 0.2) is 109 Å². The monoisotopic (exact) mass is 410 g/mol. The zero-order chi connectivity index (χ0) is 21.1. The van der Waals surface area contributed by atoms with Gasteiger partial charge in [0.1, 0.15) is 5.75 Å². The van der Waals surface area contributed by atoms with Crippen molar-refractivity contribution in [1.82, 2.24) is 0 Å². The van der Waals surface area contributed by atoms with Crippen LogP contribution in [0.2, 0.25) is 0 Å². The van der Waals surface area contributed by atoms with Gasteiger partial charge < -0.3 is 14.2 Å². The lowest BCUT2D eigenvalue weighted by atomic mass is 10.2. The van der Waals surface area contributed by atoms with Crippen molar-refractivity contribution >= 4 is 0 Å². The summed E-state index contributed by atoms with van der Waals surface area (Å²) in [5.74, 6) is 2.74. The molecule has 0 aliphatic carbocycles. The minimum Gasteiger partial charge on any atom is -0.489 e. The van der Waals surface area contributed by atoms with E-state index >= 15 is 0 Å². The van der Waals surface area contributed by atoms with Crippen LogP contribution in [0.4, 0.5) is 0 Å². The summed E-state index contributed by atoms with van der Waals surface area (Å²) in [7, 11) is 0. The van der Waals surface area contributed by atoms with E-state index in [4.69, 9.17) is 14.2 Å². The lowest BCUT2D eigenvalue weighted by Gasteiger charge is -2.17. The molecule has 0 aromatic heterocycles. The van der Waals surface area contributed by atoms with Gasteiger partial charge >= 0.3 is 0 Å². The van der Waals surface area contributed by atoms with E-state index in [9.17, 15) is 0 Å². The predicted octanol–water partition coefficient (Wildman–Crippen LogP) is 6.72. The highest BCUT2D eigenvalue weighted by molar-refractivity contribution is 5.52. The molecule has 0 bridgehead atoms. The third-order valence-electron chi connectivity index (χ3n) is 4.88. The number of ether oxygens (including phenoxy) is 3. The van der Waals surface area contributed by atoms with E-state index < -0.39 is 0 Å². The number of benzene rings is 4. The molecule has 0 saturated heterocycles. The molecule has 0 atom stereocenters. The summed E-state index contributed by atoms with van der Waals surface area (Å²) in [6, 6.07) is 36.1. The average molecular weight is 411 g/mol. The second-order valence-electron chi connectivity index (χ2n) is 7.17. The van der Waals surface area contributed by atoms with E-state index in [1.807, 2.05) is 84.9 Å². The van der Waals surface area contributed by atoms with Crippen LogP contribution in [0.25, 0.3) is 0 Å². The molecule has 4 aromatic carbocycles. The SMILES string of the molecule is c1ccc(CCOc2cccc(Oc3ccccc3)c2OCCc2ccccc2)cc1. The first-order chi connectivity index (χ1) is 15.4. The van der Waals surface area contributed by atoms with E-state index in [0.717, 1.165) is 18.6 Å². The van der Waals surface area contributed by atoms with Crippen molar-refractivity contribution in [2.45, 2.75) is 12.8 Å². The van der Waals surface area contributed by atoms with Gasteiger partial charge in [0.2, 0.25) is 5.75 Å². The molecule has 0 fully saturated rings. The van der Waals surface area contributed by atoms with E-state index in [1.54, 1.807) is 0 Å². The Labute approximate surface area is 183 Å². The Bertz CT molecular complexity index is 1050. The van der Waals surface area contributed by atoms with Crippen LogP contribution in [0.5, 0.6) is 23.0 Å². The quantitative estimate of drug-likeness (QED) is 0.290. The second kappa shape index (κ2) is 10.9. The first-order valence-electron chi connectivity index (χ1n) is 10.6. The summed E-state index contributed by atoms with van der Waals surface area (Å²) in [5.41, 5.74) is 2.47. The molecule has 0 aliphatic heterocycles. The van der Waals surface area contributed by atoms with Gasteiger partial charge in [-0.15, -0.1) is 0 Å². The Kier molecular flexibility index (Phi) is 7.22. The molecule has 4 rings (SSSR count). The molecule has 0 amide bonds. The molecule has 156 valence electrons.